The largest absolute Gasteiger partial charge is 0.492 e. The molecule has 3 rings (SSSR count). The number of nitrogens with zero attached hydrogens (tertiary/aromatic N) is 1. The normalized spacial score (nSPS) is 27.7. The number of carboxylic acids is 1. The van der Waals surface area contributed by atoms with E-state index >= 15 is 0 Å². The van der Waals surface area contributed by atoms with E-state index in [9.17, 15) is 14.7 Å². The van der Waals surface area contributed by atoms with Crippen LogP contribution in [0, 0.1) is 5.92 Å². The summed E-state index contributed by atoms with van der Waals surface area (Å²) in [6.07, 6.45) is 1.24. The highest BCUT2D eigenvalue weighted by molar-refractivity contribution is 5.83. The zero-order valence-corrected chi connectivity index (χ0v) is 12.2. The molecule has 118 valence electrons. The number of β-amino-alcohol motifs (C(OH)–C–C–N with tert-alkyl or cyclic N) is 1. The van der Waals surface area contributed by atoms with E-state index in [0.717, 1.165) is 11.3 Å². The van der Waals surface area contributed by atoms with E-state index in [-0.39, 0.29) is 31.4 Å². The van der Waals surface area contributed by atoms with E-state index in [1.54, 1.807) is 0 Å². The van der Waals surface area contributed by atoms with Crippen molar-refractivity contribution in [2.24, 2.45) is 5.92 Å². The molecule has 2 aliphatic rings. The molecule has 6 heteroatoms. The summed E-state index contributed by atoms with van der Waals surface area (Å²) in [5, 5.41) is 19.2. The molecule has 1 aromatic rings. The van der Waals surface area contributed by atoms with Crippen LogP contribution in [0.3, 0.4) is 0 Å². The number of likely N-dealkylation sites (tertiary alicyclic amines) is 1. The number of aliphatic hydroxyl groups is 1. The molecule has 0 aromatic heterocycles. The van der Waals surface area contributed by atoms with Crippen LogP contribution in [0.4, 0.5) is 0 Å². The second-order valence-corrected chi connectivity index (χ2v) is 6.02. The van der Waals surface area contributed by atoms with Gasteiger partial charge < -0.3 is 19.8 Å². The summed E-state index contributed by atoms with van der Waals surface area (Å²) in [4.78, 5) is 25.2. The molecule has 6 nitrogen and oxygen atoms in total. The number of carboxylic acid groups (broad SMARTS) is 1. The van der Waals surface area contributed by atoms with E-state index in [4.69, 9.17) is 9.84 Å². The molecule has 2 atom stereocenters. The summed E-state index contributed by atoms with van der Waals surface area (Å²) in [6, 6.07) is 7.59. The Morgan fingerprint density at radius 1 is 1.32 bits per heavy atom. The molecule has 0 spiro atoms. The van der Waals surface area contributed by atoms with Gasteiger partial charge in [0.1, 0.15) is 12.4 Å². The highest BCUT2D eigenvalue weighted by Gasteiger charge is 2.43. The highest BCUT2D eigenvalue weighted by atomic mass is 16.5. The number of rotatable bonds is 2. The third-order valence-electron chi connectivity index (χ3n) is 4.41. The molecule has 1 fully saturated rings. The van der Waals surface area contributed by atoms with Crippen molar-refractivity contribution >= 4 is 11.9 Å². The SMILES string of the molecule is O=C(C1COc2ccccc2C1)N1CCCC(O)(C(=O)O)C1. The van der Waals surface area contributed by atoms with Crippen LogP contribution in [-0.4, -0.2) is 52.3 Å². The molecule has 0 aliphatic carbocycles. The van der Waals surface area contributed by atoms with Crippen LogP contribution in [0.25, 0.3) is 0 Å². The Labute approximate surface area is 128 Å². The molecule has 0 bridgehead atoms. The van der Waals surface area contributed by atoms with Crippen LogP contribution in [0.1, 0.15) is 18.4 Å². The van der Waals surface area contributed by atoms with Gasteiger partial charge in [0.15, 0.2) is 5.60 Å². The number of hydrogen-bond acceptors (Lipinski definition) is 4. The number of fused-ring (bicyclic) bond motifs is 1. The Kier molecular flexibility index (Phi) is 3.78. The number of piperidine rings is 1. The zero-order valence-electron chi connectivity index (χ0n) is 12.2. The van der Waals surface area contributed by atoms with E-state index in [2.05, 4.69) is 0 Å². The average Bonchev–Trinajstić information content (AvgIpc) is 2.53. The Morgan fingerprint density at radius 2 is 2.09 bits per heavy atom. The molecule has 2 N–H and O–H groups in total. The summed E-state index contributed by atoms with van der Waals surface area (Å²) in [6.45, 7) is 0.615. The number of carbonyl (C=O) groups excluding carboxylic acids is 1. The maximum Gasteiger partial charge on any atom is 0.337 e. The maximum atomic E-state index is 12.6. The number of para-hydroxylation sites is 1. The minimum Gasteiger partial charge on any atom is -0.492 e. The van der Waals surface area contributed by atoms with Crippen molar-refractivity contribution < 1.29 is 24.5 Å². The lowest BCUT2D eigenvalue weighted by atomic mass is 9.90. The molecule has 0 radical (unpaired) electrons. The lowest BCUT2D eigenvalue weighted by Gasteiger charge is -2.38. The number of amides is 1. The van der Waals surface area contributed by atoms with Crippen molar-refractivity contribution in [3.8, 4) is 5.75 Å². The van der Waals surface area contributed by atoms with Gasteiger partial charge in [-0.2, -0.15) is 0 Å². The molecular formula is C16H19NO5. The van der Waals surface area contributed by atoms with Gasteiger partial charge in [-0.1, -0.05) is 18.2 Å². The van der Waals surface area contributed by atoms with Crippen molar-refractivity contribution in [1.29, 1.82) is 0 Å². The molecule has 1 aromatic carbocycles. The zero-order chi connectivity index (χ0) is 15.7. The minimum atomic E-state index is -1.83. The number of benzene rings is 1. The van der Waals surface area contributed by atoms with Crippen LogP contribution in [0.15, 0.2) is 24.3 Å². The topological polar surface area (TPSA) is 87.1 Å². The molecular weight excluding hydrogens is 286 g/mol. The second-order valence-electron chi connectivity index (χ2n) is 6.02. The summed E-state index contributed by atoms with van der Waals surface area (Å²) < 4.78 is 5.62. The number of hydrogen-bond donors (Lipinski definition) is 2. The third kappa shape index (κ3) is 2.66. The Hall–Kier alpha value is -2.08. The van der Waals surface area contributed by atoms with Crippen molar-refractivity contribution in [2.75, 3.05) is 19.7 Å². The number of carbonyl (C=O) groups is 2. The maximum absolute atomic E-state index is 12.6. The first-order valence-electron chi connectivity index (χ1n) is 7.45. The monoisotopic (exact) mass is 305 g/mol. The Morgan fingerprint density at radius 3 is 2.86 bits per heavy atom. The van der Waals surface area contributed by atoms with Gasteiger partial charge in [-0.15, -0.1) is 0 Å². The predicted octanol–water partition coefficient (Wildman–Crippen LogP) is 0.676. The van der Waals surface area contributed by atoms with Gasteiger partial charge in [-0.05, 0) is 30.9 Å². The molecule has 0 saturated carbocycles. The van der Waals surface area contributed by atoms with Crippen LogP contribution in [0.5, 0.6) is 5.75 Å². The van der Waals surface area contributed by atoms with Crippen LogP contribution in [-0.2, 0) is 16.0 Å². The van der Waals surface area contributed by atoms with Crippen molar-refractivity contribution in [3.63, 3.8) is 0 Å². The van der Waals surface area contributed by atoms with Gasteiger partial charge >= 0.3 is 5.97 Å². The first-order valence-corrected chi connectivity index (χ1v) is 7.45. The summed E-state index contributed by atoms with van der Waals surface area (Å²) in [7, 11) is 0. The van der Waals surface area contributed by atoms with E-state index in [0.29, 0.717) is 19.4 Å². The summed E-state index contributed by atoms with van der Waals surface area (Å²) >= 11 is 0. The Balaban J connectivity index is 1.71. The molecule has 2 heterocycles. The van der Waals surface area contributed by atoms with E-state index in [1.807, 2.05) is 24.3 Å². The van der Waals surface area contributed by atoms with E-state index < -0.39 is 11.6 Å². The van der Waals surface area contributed by atoms with Gasteiger partial charge in [0.2, 0.25) is 5.91 Å². The van der Waals surface area contributed by atoms with Gasteiger partial charge in [-0.25, -0.2) is 4.79 Å². The molecule has 2 aliphatic heterocycles. The fraction of sp³-hybridized carbons (Fsp3) is 0.500. The summed E-state index contributed by atoms with van der Waals surface area (Å²) in [5.41, 5.74) is -0.848. The lowest BCUT2D eigenvalue weighted by Crippen LogP contribution is -2.56. The molecule has 1 saturated heterocycles. The van der Waals surface area contributed by atoms with Crippen LogP contribution >= 0.6 is 0 Å². The molecule has 2 unspecified atom stereocenters. The van der Waals surface area contributed by atoms with Crippen molar-refractivity contribution in [1.82, 2.24) is 4.90 Å². The highest BCUT2D eigenvalue weighted by Crippen LogP contribution is 2.29. The van der Waals surface area contributed by atoms with Crippen molar-refractivity contribution in [2.45, 2.75) is 24.9 Å². The Bertz CT molecular complexity index is 602. The summed E-state index contributed by atoms with van der Waals surface area (Å²) in [5.74, 6) is -0.942. The van der Waals surface area contributed by atoms with E-state index in [1.165, 1.54) is 4.90 Å². The van der Waals surface area contributed by atoms with Gasteiger partial charge in [0, 0.05) is 6.54 Å². The number of ether oxygens (including phenoxy) is 1. The van der Waals surface area contributed by atoms with Crippen LogP contribution in [0.2, 0.25) is 0 Å². The predicted molar refractivity (Wildman–Crippen MR) is 77.5 cm³/mol. The third-order valence-corrected chi connectivity index (χ3v) is 4.41. The minimum absolute atomic E-state index is 0.145. The first-order chi connectivity index (χ1) is 10.5. The average molecular weight is 305 g/mol. The molecule has 22 heavy (non-hydrogen) atoms. The first kappa shape index (κ1) is 14.8. The lowest BCUT2D eigenvalue weighted by molar-refractivity contribution is -0.167. The number of aliphatic carboxylic acids is 1. The van der Waals surface area contributed by atoms with Gasteiger partial charge in [0.05, 0.1) is 12.5 Å². The van der Waals surface area contributed by atoms with Crippen molar-refractivity contribution in [3.05, 3.63) is 29.8 Å². The van der Waals surface area contributed by atoms with Crippen LogP contribution < -0.4 is 4.74 Å². The molecule has 1 amide bonds. The second kappa shape index (κ2) is 5.61. The van der Waals surface area contributed by atoms with Gasteiger partial charge in [-0.3, -0.25) is 4.79 Å². The standard InChI is InChI=1S/C16H19NO5/c18-14(17-7-3-6-16(21,10-17)15(19)20)12-8-11-4-1-2-5-13(11)22-9-12/h1-2,4-5,12,21H,3,6-10H2,(H,19,20). The quantitative estimate of drug-likeness (QED) is 0.839. The fourth-order valence-electron chi connectivity index (χ4n) is 3.14. The van der Waals surface area contributed by atoms with Gasteiger partial charge in [0.25, 0.3) is 0 Å². The smallest absolute Gasteiger partial charge is 0.337 e. The fourth-order valence-corrected chi connectivity index (χ4v) is 3.14.